The van der Waals surface area contributed by atoms with Gasteiger partial charge in [0.1, 0.15) is 6.54 Å². The molecule has 3 heterocycles. The van der Waals surface area contributed by atoms with Gasteiger partial charge in [-0.25, -0.2) is 0 Å². The summed E-state index contributed by atoms with van der Waals surface area (Å²) in [6.45, 7) is 10.0. The molecule has 134 valence electrons. The number of carbonyl (C=O) groups excluding carboxylic acids is 1. The third kappa shape index (κ3) is 4.36. The van der Waals surface area contributed by atoms with Crippen LogP contribution < -0.4 is 0 Å². The molecule has 6 heteroatoms. The Morgan fingerprint density at radius 3 is 2.62 bits per heavy atom. The first-order valence-electron chi connectivity index (χ1n) is 9.24. The summed E-state index contributed by atoms with van der Waals surface area (Å²) < 4.78 is 7.32. The Morgan fingerprint density at radius 2 is 2.00 bits per heavy atom. The van der Waals surface area contributed by atoms with Gasteiger partial charge in [0.25, 0.3) is 0 Å². The highest BCUT2D eigenvalue weighted by Crippen LogP contribution is 2.16. The lowest BCUT2D eigenvalue weighted by Crippen LogP contribution is -2.48. The minimum Gasteiger partial charge on any atom is -0.381 e. The Kier molecular flexibility index (Phi) is 5.89. The minimum atomic E-state index is 0.187. The van der Waals surface area contributed by atoms with E-state index in [4.69, 9.17) is 4.74 Å². The van der Waals surface area contributed by atoms with Crippen molar-refractivity contribution in [1.29, 1.82) is 0 Å². The molecular formula is C18H30N4O2. The van der Waals surface area contributed by atoms with Crippen LogP contribution in [0, 0.1) is 13.8 Å². The number of likely N-dealkylation sites (tertiary alicyclic amines) is 1. The van der Waals surface area contributed by atoms with Crippen LogP contribution in [0.3, 0.4) is 0 Å². The van der Waals surface area contributed by atoms with Gasteiger partial charge in [0.15, 0.2) is 0 Å². The smallest absolute Gasteiger partial charge is 0.244 e. The molecule has 1 amide bonds. The van der Waals surface area contributed by atoms with Crippen LogP contribution in [0.15, 0.2) is 6.07 Å². The molecule has 1 aromatic heterocycles. The fourth-order valence-corrected chi connectivity index (χ4v) is 3.82. The molecule has 0 atom stereocenters. The third-order valence-electron chi connectivity index (χ3n) is 5.20. The van der Waals surface area contributed by atoms with Crippen LogP contribution in [0.4, 0.5) is 0 Å². The molecule has 6 nitrogen and oxygen atoms in total. The van der Waals surface area contributed by atoms with E-state index >= 15 is 0 Å². The lowest BCUT2D eigenvalue weighted by molar-refractivity contribution is -0.136. The van der Waals surface area contributed by atoms with Crippen LogP contribution in [0.1, 0.15) is 37.1 Å². The number of aromatic nitrogens is 2. The average Bonchev–Trinajstić information content (AvgIpc) is 3.19. The molecule has 0 N–H and O–H groups in total. The third-order valence-corrected chi connectivity index (χ3v) is 5.20. The zero-order valence-corrected chi connectivity index (χ0v) is 15.0. The van der Waals surface area contributed by atoms with Crippen LogP contribution in [0.2, 0.25) is 0 Å². The van der Waals surface area contributed by atoms with Gasteiger partial charge in [-0.05, 0) is 58.7 Å². The summed E-state index contributed by atoms with van der Waals surface area (Å²) in [4.78, 5) is 17.6. The van der Waals surface area contributed by atoms with Crippen LogP contribution >= 0.6 is 0 Å². The van der Waals surface area contributed by atoms with Gasteiger partial charge >= 0.3 is 0 Å². The van der Waals surface area contributed by atoms with Crippen molar-refractivity contribution in [2.75, 3.05) is 39.4 Å². The zero-order valence-electron chi connectivity index (χ0n) is 15.0. The number of nitrogens with zero attached hydrogens (tertiary/aromatic N) is 4. The maximum Gasteiger partial charge on any atom is 0.244 e. The monoisotopic (exact) mass is 334 g/mol. The molecule has 2 aliphatic rings. The normalized spacial score (nSPS) is 19.8. The molecule has 0 saturated carbocycles. The van der Waals surface area contributed by atoms with Gasteiger partial charge in [-0.3, -0.25) is 9.48 Å². The van der Waals surface area contributed by atoms with Crippen molar-refractivity contribution < 1.29 is 9.53 Å². The molecule has 2 saturated heterocycles. The highest BCUT2D eigenvalue weighted by atomic mass is 16.5. The second-order valence-corrected chi connectivity index (χ2v) is 7.06. The maximum atomic E-state index is 13.0. The summed E-state index contributed by atoms with van der Waals surface area (Å²) in [6.07, 6.45) is 4.47. The lowest BCUT2D eigenvalue weighted by Gasteiger charge is -2.35. The fourth-order valence-electron chi connectivity index (χ4n) is 3.82. The molecule has 3 rings (SSSR count). The first kappa shape index (κ1) is 17.4. The predicted octanol–water partition coefficient (Wildman–Crippen LogP) is 1.60. The molecule has 0 bridgehead atoms. The van der Waals surface area contributed by atoms with Crippen LogP contribution in [0.5, 0.6) is 0 Å². The summed E-state index contributed by atoms with van der Waals surface area (Å²) in [5.41, 5.74) is 2.02. The molecule has 2 fully saturated rings. The molecule has 0 spiro atoms. The van der Waals surface area contributed by atoms with E-state index in [-0.39, 0.29) is 5.91 Å². The van der Waals surface area contributed by atoms with Gasteiger partial charge < -0.3 is 14.5 Å². The van der Waals surface area contributed by atoms with E-state index in [1.807, 2.05) is 24.6 Å². The van der Waals surface area contributed by atoms with E-state index in [0.29, 0.717) is 12.6 Å². The van der Waals surface area contributed by atoms with Gasteiger partial charge in [0, 0.05) is 38.0 Å². The number of rotatable bonds is 6. The summed E-state index contributed by atoms with van der Waals surface area (Å²) in [6, 6.07) is 2.34. The molecule has 0 radical (unpaired) electrons. The van der Waals surface area contributed by atoms with Crippen molar-refractivity contribution in [3.63, 3.8) is 0 Å². The molecular weight excluding hydrogens is 304 g/mol. The lowest BCUT2D eigenvalue weighted by atomic mass is 10.1. The van der Waals surface area contributed by atoms with E-state index in [0.717, 1.165) is 50.5 Å². The zero-order chi connectivity index (χ0) is 16.9. The molecule has 0 aromatic carbocycles. The van der Waals surface area contributed by atoms with Crippen molar-refractivity contribution in [3.05, 3.63) is 17.5 Å². The molecule has 2 aliphatic heterocycles. The van der Waals surface area contributed by atoms with Crippen LogP contribution in [0.25, 0.3) is 0 Å². The van der Waals surface area contributed by atoms with Gasteiger partial charge in [-0.15, -0.1) is 0 Å². The Bertz CT molecular complexity index is 545. The second kappa shape index (κ2) is 8.12. The molecule has 24 heavy (non-hydrogen) atoms. The standard InChI is InChI=1S/C18H30N4O2/c1-15-13-16(2)22(19-15)14-18(23)21(17-5-11-24-12-6-17)10-9-20-7-3-4-8-20/h13,17H,3-12,14H2,1-2H3. The molecule has 0 unspecified atom stereocenters. The van der Waals surface area contributed by atoms with Crippen molar-refractivity contribution in [3.8, 4) is 0 Å². The van der Waals surface area contributed by atoms with Crippen LogP contribution in [-0.4, -0.2) is 70.9 Å². The number of carbonyl (C=O) groups is 1. The summed E-state index contributed by atoms with van der Waals surface area (Å²) in [5.74, 6) is 0.187. The van der Waals surface area contributed by atoms with E-state index in [1.165, 1.54) is 25.9 Å². The Labute approximate surface area is 144 Å². The summed E-state index contributed by atoms with van der Waals surface area (Å²) in [7, 11) is 0. The number of aryl methyl sites for hydroxylation is 2. The van der Waals surface area contributed by atoms with Crippen molar-refractivity contribution in [2.24, 2.45) is 0 Å². The Hall–Kier alpha value is -1.40. The van der Waals surface area contributed by atoms with E-state index < -0.39 is 0 Å². The first-order valence-corrected chi connectivity index (χ1v) is 9.24. The van der Waals surface area contributed by atoms with Gasteiger partial charge in [0.05, 0.1) is 5.69 Å². The van der Waals surface area contributed by atoms with E-state index in [1.54, 1.807) is 0 Å². The largest absolute Gasteiger partial charge is 0.381 e. The number of hydrogen-bond donors (Lipinski definition) is 0. The highest BCUT2D eigenvalue weighted by Gasteiger charge is 2.27. The highest BCUT2D eigenvalue weighted by molar-refractivity contribution is 5.76. The van der Waals surface area contributed by atoms with Crippen molar-refractivity contribution in [1.82, 2.24) is 19.6 Å². The second-order valence-electron chi connectivity index (χ2n) is 7.06. The maximum absolute atomic E-state index is 13.0. The number of ether oxygens (including phenoxy) is 1. The summed E-state index contributed by atoms with van der Waals surface area (Å²) in [5, 5.41) is 4.45. The molecule has 0 aliphatic carbocycles. The Morgan fingerprint density at radius 1 is 1.29 bits per heavy atom. The fraction of sp³-hybridized carbons (Fsp3) is 0.778. The summed E-state index contributed by atoms with van der Waals surface area (Å²) >= 11 is 0. The van der Waals surface area contributed by atoms with E-state index in [2.05, 4.69) is 14.9 Å². The van der Waals surface area contributed by atoms with Crippen molar-refractivity contribution in [2.45, 2.75) is 52.1 Å². The number of hydrogen-bond acceptors (Lipinski definition) is 4. The topological polar surface area (TPSA) is 50.6 Å². The predicted molar refractivity (Wildman–Crippen MR) is 92.9 cm³/mol. The minimum absolute atomic E-state index is 0.187. The first-order chi connectivity index (χ1) is 11.6. The van der Waals surface area contributed by atoms with Gasteiger partial charge in [-0.2, -0.15) is 5.10 Å². The Balaban J connectivity index is 1.64. The number of amides is 1. The van der Waals surface area contributed by atoms with Crippen molar-refractivity contribution >= 4 is 5.91 Å². The SMILES string of the molecule is Cc1cc(C)n(CC(=O)N(CCN2CCCC2)C2CCOCC2)n1. The van der Waals surface area contributed by atoms with Crippen LogP contribution in [-0.2, 0) is 16.1 Å². The van der Waals surface area contributed by atoms with E-state index in [9.17, 15) is 4.79 Å². The van der Waals surface area contributed by atoms with Gasteiger partial charge in [0.2, 0.25) is 5.91 Å². The van der Waals surface area contributed by atoms with Gasteiger partial charge in [-0.1, -0.05) is 0 Å². The average molecular weight is 334 g/mol. The quantitative estimate of drug-likeness (QED) is 0.793. The molecule has 1 aromatic rings.